The van der Waals surface area contributed by atoms with Gasteiger partial charge in [0.1, 0.15) is 11.5 Å². The first kappa shape index (κ1) is 25.6. The molecule has 3 saturated carbocycles. The Morgan fingerprint density at radius 2 is 1.14 bits per heavy atom. The van der Waals surface area contributed by atoms with Crippen LogP contribution in [-0.4, -0.2) is 21.0 Å². The molecule has 196 valence electrons. The summed E-state index contributed by atoms with van der Waals surface area (Å²) >= 11 is 0. The maximum Gasteiger partial charge on any atom is 0.188 e. The predicted molar refractivity (Wildman–Crippen MR) is 147 cm³/mol. The summed E-state index contributed by atoms with van der Waals surface area (Å²) in [5.41, 5.74) is 5.94. The second-order valence-corrected chi connectivity index (χ2v) is 11.6. The van der Waals surface area contributed by atoms with Crippen molar-refractivity contribution in [3.63, 3.8) is 0 Å². The lowest BCUT2D eigenvalue weighted by molar-refractivity contribution is 0.0499. The second-order valence-electron chi connectivity index (χ2n) is 11.6. The van der Waals surface area contributed by atoms with Crippen LogP contribution >= 0.6 is 0 Å². The molecule has 3 heteroatoms. The molecule has 3 fully saturated rings. The normalized spacial score (nSPS) is 21.3. The Bertz CT molecular complexity index is 978. The molecule has 0 amide bonds. The fraction of sp³-hybridized carbons (Fsp3) is 0.636. The largest absolute Gasteiger partial charge is 0.496 e. The molecule has 2 aromatic rings. The number of methoxy groups -OCH3 is 2. The van der Waals surface area contributed by atoms with Crippen molar-refractivity contribution >= 4 is 0 Å². The average molecular weight is 491 g/mol. The van der Waals surface area contributed by atoms with Crippen LogP contribution in [0.5, 0.6) is 11.5 Å². The van der Waals surface area contributed by atoms with Crippen LogP contribution in [0.25, 0.3) is 0 Å². The summed E-state index contributed by atoms with van der Waals surface area (Å²) in [5, 5.41) is 0. The van der Waals surface area contributed by atoms with Crippen molar-refractivity contribution in [1.29, 1.82) is 0 Å². The SMILES string of the molecule is COCOc1ccc(C2(c3ccc(OC)c(C4CCCCC4)c3)CCCCC2)cc1C1CCCCC1. The maximum atomic E-state index is 6.11. The first-order valence-electron chi connectivity index (χ1n) is 14.7. The van der Waals surface area contributed by atoms with Gasteiger partial charge in [-0.2, -0.15) is 0 Å². The minimum absolute atomic E-state index is 0.0805. The van der Waals surface area contributed by atoms with Gasteiger partial charge in [-0.15, -0.1) is 0 Å². The Hall–Kier alpha value is -2.00. The van der Waals surface area contributed by atoms with Crippen molar-refractivity contribution in [2.24, 2.45) is 0 Å². The van der Waals surface area contributed by atoms with Gasteiger partial charge >= 0.3 is 0 Å². The van der Waals surface area contributed by atoms with Crippen LogP contribution in [0, 0.1) is 0 Å². The molecular weight excluding hydrogens is 444 g/mol. The molecule has 0 aliphatic heterocycles. The van der Waals surface area contributed by atoms with E-state index in [2.05, 4.69) is 36.4 Å². The molecule has 0 atom stereocenters. The van der Waals surface area contributed by atoms with Crippen molar-refractivity contribution < 1.29 is 14.2 Å². The summed E-state index contributed by atoms with van der Waals surface area (Å²) in [6.07, 6.45) is 19.6. The summed E-state index contributed by atoms with van der Waals surface area (Å²) in [5.74, 6) is 3.34. The van der Waals surface area contributed by atoms with Gasteiger partial charge < -0.3 is 14.2 Å². The summed E-state index contributed by atoms with van der Waals surface area (Å²) in [6, 6.07) is 14.4. The number of rotatable bonds is 8. The Kier molecular flexibility index (Phi) is 8.57. The highest BCUT2D eigenvalue weighted by Gasteiger charge is 2.37. The Morgan fingerprint density at radius 1 is 0.639 bits per heavy atom. The molecular formula is C33H46O3. The van der Waals surface area contributed by atoms with E-state index in [9.17, 15) is 0 Å². The fourth-order valence-corrected chi connectivity index (χ4v) is 7.50. The fourth-order valence-electron chi connectivity index (χ4n) is 7.50. The van der Waals surface area contributed by atoms with E-state index in [-0.39, 0.29) is 5.41 Å². The smallest absolute Gasteiger partial charge is 0.188 e. The first-order chi connectivity index (χ1) is 17.7. The minimum Gasteiger partial charge on any atom is -0.496 e. The average Bonchev–Trinajstić information content (AvgIpc) is 2.97. The van der Waals surface area contributed by atoms with E-state index in [0.717, 1.165) is 11.5 Å². The monoisotopic (exact) mass is 490 g/mol. The quantitative estimate of drug-likeness (QED) is 0.345. The summed E-state index contributed by atoms with van der Waals surface area (Å²) in [4.78, 5) is 0. The Labute approximate surface area is 218 Å². The van der Waals surface area contributed by atoms with Crippen molar-refractivity contribution in [1.82, 2.24) is 0 Å². The molecule has 3 aliphatic carbocycles. The topological polar surface area (TPSA) is 27.7 Å². The lowest BCUT2D eigenvalue weighted by Gasteiger charge is -2.40. The maximum absolute atomic E-state index is 6.11. The van der Waals surface area contributed by atoms with E-state index in [0.29, 0.717) is 18.6 Å². The number of benzene rings is 2. The zero-order chi connectivity index (χ0) is 24.8. The lowest BCUT2D eigenvalue weighted by Crippen LogP contribution is -2.31. The van der Waals surface area contributed by atoms with Gasteiger partial charge in [0.15, 0.2) is 6.79 Å². The Morgan fingerprint density at radius 3 is 1.67 bits per heavy atom. The van der Waals surface area contributed by atoms with Crippen molar-refractivity contribution in [2.45, 2.75) is 114 Å². The number of ether oxygens (including phenoxy) is 3. The van der Waals surface area contributed by atoms with Crippen LogP contribution < -0.4 is 9.47 Å². The highest BCUT2D eigenvalue weighted by atomic mass is 16.7. The van der Waals surface area contributed by atoms with E-state index < -0.39 is 0 Å². The standard InChI is InChI=1S/C33H46O3/c1-34-24-36-32-19-17-28(23-30(32)26-14-8-4-9-15-26)33(20-10-5-11-21-33)27-16-18-31(35-2)29(22-27)25-12-6-3-7-13-25/h16-19,22-23,25-26H,3-15,20-21,24H2,1-2H3. The van der Waals surface area contributed by atoms with Crippen LogP contribution in [0.2, 0.25) is 0 Å². The van der Waals surface area contributed by atoms with Gasteiger partial charge in [0.05, 0.1) is 7.11 Å². The van der Waals surface area contributed by atoms with Crippen LogP contribution in [0.4, 0.5) is 0 Å². The van der Waals surface area contributed by atoms with E-state index in [4.69, 9.17) is 14.2 Å². The molecule has 3 aliphatic rings. The molecule has 0 saturated heterocycles. The van der Waals surface area contributed by atoms with E-state index in [1.54, 1.807) is 7.11 Å². The highest BCUT2D eigenvalue weighted by molar-refractivity contribution is 5.50. The molecule has 0 unspecified atom stereocenters. The molecule has 2 aromatic carbocycles. The van der Waals surface area contributed by atoms with Gasteiger partial charge in [0.25, 0.3) is 0 Å². The summed E-state index contributed by atoms with van der Waals surface area (Å²) in [6.45, 7) is 0.313. The van der Waals surface area contributed by atoms with Gasteiger partial charge in [-0.05, 0) is 84.7 Å². The molecule has 0 N–H and O–H groups in total. The van der Waals surface area contributed by atoms with Crippen LogP contribution in [0.1, 0.15) is 130 Å². The molecule has 0 bridgehead atoms. The molecule has 3 nitrogen and oxygen atoms in total. The number of hydrogen-bond donors (Lipinski definition) is 0. The Balaban J connectivity index is 1.58. The molecule has 0 spiro atoms. The lowest BCUT2D eigenvalue weighted by atomic mass is 9.64. The van der Waals surface area contributed by atoms with Gasteiger partial charge in [0.2, 0.25) is 0 Å². The molecule has 0 radical (unpaired) electrons. The van der Waals surface area contributed by atoms with E-state index >= 15 is 0 Å². The summed E-state index contributed by atoms with van der Waals surface area (Å²) < 4.78 is 17.3. The van der Waals surface area contributed by atoms with Gasteiger partial charge in [-0.25, -0.2) is 0 Å². The molecule has 5 rings (SSSR count). The van der Waals surface area contributed by atoms with Crippen LogP contribution in [0.15, 0.2) is 36.4 Å². The zero-order valence-electron chi connectivity index (χ0n) is 22.7. The first-order valence-corrected chi connectivity index (χ1v) is 14.7. The second kappa shape index (κ2) is 12.0. The van der Waals surface area contributed by atoms with Crippen molar-refractivity contribution in [2.75, 3.05) is 21.0 Å². The third kappa shape index (κ3) is 5.32. The van der Waals surface area contributed by atoms with Crippen molar-refractivity contribution in [3.8, 4) is 11.5 Å². The van der Waals surface area contributed by atoms with E-state index in [1.807, 2.05) is 7.11 Å². The zero-order valence-corrected chi connectivity index (χ0v) is 22.7. The molecule has 0 aromatic heterocycles. The van der Waals surface area contributed by atoms with Gasteiger partial charge in [-0.3, -0.25) is 0 Å². The predicted octanol–water partition coefficient (Wildman–Crippen LogP) is 9.02. The van der Waals surface area contributed by atoms with Gasteiger partial charge in [-0.1, -0.05) is 82.1 Å². The highest BCUT2D eigenvalue weighted by Crippen LogP contribution is 2.49. The van der Waals surface area contributed by atoms with Crippen LogP contribution in [0.3, 0.4) is 0 Å². The van der Waals surface area contributed by atoms with Crippen LogP contribution in [-0.2, 0) is 10.2 Å². The molecule has 0 heterocycles. The van der Waals surface area contributed by atoms with Gasteiger partial charge in [0, 0.05) is 12.5 Å². The third-order valence-electron chi connectivity index (χ3n) is 9.47. The van der Waals surface area contributed by atoms with E-state index in [1.165, 1.54) is 119 Å². The number of hydrogen-bond acceptors (Lipinski definition) is 3. The molecule has 36 heavy (non-hydrogen) atoms. The minimum atomic E-state index is 0.0805. The third-order valence-corrected chi connectivity index (χ3v) is 9.47. The van der Waals surface area contributed by atoms with Crippen molar-refractivity contribution in [3.05, 3.63) is 58.7 Å². The summed E-state index contributed by atoms with van der Waals surface area (Å²) in [7, 11) is 3.55.